The lowest BCUT2D eigenvalue weighted by Gasteiger charge is -2.34. The van der Waals surface area contributed by atoms with Gasteiger partial charge in [0.15, 0.2) is 6.10 Å². The molecule has 8 heteroatoms. The zero-order chi connectivity index (χ0) is 35.7. The van der Waals surface area contributed by atoms with Crippen LogP contribution in [0.3, 0.4) is 0 Å². The molecule has 0 radical (unpaired) electrons. The highest BCUT2D eigenvalue weighted by Crippen LogP contribution is 2.14. The molecule has 0 aromatic heterocycles. The van der Waals surface area contributed by atoms with Gasteiger partial charge in [0.1, 0.15) is 12.6 Å². The van der Waals surface area contributed by atoms with Crippen LogP contribution in [0.5, 0.6) is 0 Å². The molecule has 0 saturated carbocycles. The molecule has 2 unspecified atom stereocenters. The smallest absolute Gasteiger partial charge is 0.306 e. The predicted molar refractivity (Wildman–Crippen MR) is 194 cm³/mol. The van der Waals surface area contributed by atoms with E-state index in [9.17, 15) is 19.5 Å². The van der Waals surface area contributed by atoms with E-state index in [2.05, 4.69) is 26.0 Å². The summed E-state index contributed by atoms with van der Waals surface area (Å²) >= 11 is 0. The Morgan fingerprint density at radius 3 is 1.54 bits per heavy atom. The molecule has 8 nitrogen and oxygen atoms in total. The van der Waals surface area contributed by atoms with Gasteiger partial charge in [-0.2, -0.15) is 0 Å². The van der Waals surface area contributed by atoms with E-state index in [4.69, 9.17) is 14.2 Å². The van der Waals surface area contributed by atoms with Crippen molar-refractivity contribution in [3.05, 3.63) is 12.2 Å². The first kappa shape index (κ1) is 46.1. The molecular formula is C40H75NO7. The monoisotopic (exact) mass is 682 g/mol. The molecule has 2 atom stereocenters. The van der Waals surface area contributed by atoms with E-state index in [0.29, 0.717) is 12.8 Å². The van der Waals surface area contributed by atoms with Crippen molar-refractivity contribution in [2.75, 3.05) is 41.0 Å². The normalized spacial score (nSPS) is 13.1. The number of likely N-dealkylation sites (N-methyl/N-ethyl adjacent to an activating group) is 1. The second-order valence-corrected chi connectivity index (χ2v) is 14.5. The van der Waals surface area contributed by atoms with E-state index < -0.39 is 18.1 Å². The lowest BCUT2D eigenvalue weighted by Crippen LogP contribution is -2.55. The minimum atomic E-state index is -1.12. The fourth-order valence-electron chi connectivity index (χ4n) is 5.77. The van der Waals surface area contributed by atoms with E-state index in [1.807, 2.05) is 0 Å². The first-order chi connectivity index (χ1) is 23.1. The van der Waals surface area contributed by atoms with Crippen molar-refractivity contribution in [2.24, 2.45) is 0 Å². The molecule has 0 amide bonds. The first-order valence-electron chi connectivity index (χ1n) is 19.7. The fraction of sp³-hybridized carbons (Fsp3) is 0.875. The largest absolute Gasteiger partial charge is 0.544 e. The average molecular weight is 682 g/mol. The number of carboxylic acid groups (broad SMARTS) is 1. The number of allylic oxidation sites excluding steroid dienone is 2. The summed E-state index contributed by atoms with van der Waals surface area (Å²) < 4.78 is 17.1. The highest BCUT2D eigenvalue weighted by molar-refractivity contribution is 5.70. The highest BCUT2D eigenvalue weighted by atomic mass is 16.6. The number of ether oxygens (including phenoxy) is 3. The number of aliphatic carboxylic acids is 1. The number of carboxylic acids is 1. The van der Waals surface area contributed by atoms with Crippen molar-refractivity contribution >= 4 is 17.9 Å². The molecule has 0 heterocycles. The van der Waals surface area contributed by atoms with Crippen LogP contribution in [0.4, 0.5) is 0 Å². The summed E-state index contributed by atoms with van der Waals surface area (Å²) in [6, 6.07) is -0.721. The van der Waals surface area contributed by atoms with Crippen LogP contribution in [0, 0.1) is 0 Å². The van der Waals surface area contributed by atoms with Gasteiger partial charge >= 0.3 is 11.9 Å². The van der Waals surface area contributed by atoms with Crippen molar-refractivity contribution in [3.8, 4) is 0 Å². The Morgan fingerprint density at radius 1 is 0.604 bits per heavy atom. The SMILES string of the molecule is CCCCC/C=C/CCCCCCCC(=O)OCC(COCCC(C(=O)[O-])[N+](C)(C)C)OC(=O)CCCCCCCCCCCCCC. The minimum absolute atomic E-state index is 0.0431. The molecule has 0 fully saturated rings. The molecule has 48 heavy (non-hydrogen) atoms. The van der Waals surface area contributed by atoms with Crippen molar-refractivity contribution in [1.29, 1.82) is 0 Å². The van der Waals surface area contributed by atoms with Crippen molar-refractivity contribution in [3.63, 3.8) is 0 Å². The number of unbranched alkanes of at least 4 members (excludes halogenated alkanes) is 19. The van der Waals surface area contributed by atoms with Crippen LogP contribution in [0.25, 0.3) is 0 Å². The Hall–Kier alpha value is -1.93. The Labute approximate surface area is 295 Å². The summed E-state index contributed by atoms with van der Waals surface area (Å²) in [5, 5.41) is 11.6. The van der Waals surface area contributed by atoms with Gasteiger partial charge in [-0.15, -0.1) is 0 Å². The summed E-state index contributed by atoms with van der Waals surface area (Å²) in [6.07, 6.45) is 30.8. The number of carbonyl (C=O) groups is 3. The van der Waals surface area contributed by atoms with Crippen LogP contribution in [-0.2, 0) is 28.6 Å². The molecule has 0 aromatic carbocycles. The average Bonchev–Trinajstić information content (AvgIpc) is 3.03. The maximum absolute atomic E-state index is 12.6. The number of nitrogens with zero attached hydrogens (tertiary/aromatic N) is 1. The van der Waals surface area contributed by atoms with E-state index in [1.165, 1.54) is 89.9 Å². The molecule has 0 aromatic rings. The minimum Gasteiger partial charge on any atom is -0.544 e. The third-order valence-electron chi connectivity index (χ3n) is 8.90. The second kappa shape index (κ2) is 32.3. The van der Waals surface area contributed by atoms with Gasteiger partial charge in [0.2, 0.25) is 0 Å². The second-order valence-electron chi connectivity index (χ2n) is 14.5. The summed E-state index contributed by atoms with van der Waals surface area (Å²) in [4.78, 5) is 36.6. The molecule has 0 bridgehead atoms. The van der Waals surface area contributed by atoms with Crippen LogP contribution in [0.15, 0.2) is 12.2 Å². The van der Waals surface area contributed by atoms with Gasteiger partial charge in [-0.25, -0.2) is 0 Å². The maximum Gasteiger partial charge on any atom is 0.306 e. The molecule has 0 aliphatic rings. The number of quaternary nitrogens is 1. The van der Waals surface area contributed by atoms with Crippen molar-refractivity contribution in [1.82, 2.24) is 0 Å². The fourth-order valence-corrected chi connectivity index (χ4v) is 5.77. The Kier molecular flexibility index (Phi) is 31.0. The molecule has 0 saturated heterocycles. The van der Waals surface area contributed by atoms with E-state index in [-0.39, 0.29) is 42.7 Å². The standard InChI is InChI=1S/C40H75NO7/c1-6-8-10-12-14-16-18-20-22-24-26-28-30-38(42)47-35-36(34-46-33-32-37(40(44)45)41(3,4)5)48-39(43)31-29-27-25-23-21-19-17-15-13-11-9-7-2/h14,16,36-37H,6-13,15,17-35H2,1-5H3/b16-14+. The molecule has 0 N–H and O–H groups in total. The van der Waals surface area contributed by atoms with Gasteiger partial charge in [0.05, 0.1) is 40.3 Å². The zero-order valence-corrected chi connectivity index (χ0v) is 31.9. The van der Waals surface area contributed by atoms with E-state index in [1.54, 1.807) is 21.1 Å². The van der Waals surface area contributed by atoms with Crippen LogP contribution in [0.2, 0.25) is 0 Å². The summed E-state index contributed by atoms with van der Waals surface area (Å²) in [5.41, 5.74) is 0. The molecule has 0 spiro atoms. The molecule has 0 aliphatic heterocycles. The molecule has 0 aliphatic carbocycles. The lowest BCUT2D eigenvalue weighted by atomic mass is 10.0. The summed E-state index contributed by atoms with van der Waals surface area (Å²) in [6.45, 7) is 4.62. The van der Waals surface area contributed by atoms with Crippen LogP contribution in [-0.4, -0.2) is 75.5 Å². The Balaban J connectivity index is 4.41. The number of hydrogen-bond acceptors (Lipinski definition) is 7. The molecule has 0 rings (SSSR count). The molecule has 282 valence electrons. The van der Waals surface area contributed by atoms with Gasteiger partial charge in [0.25, 0.3) is 0 Å². The van der Waals surface area contributed by atoms with Gasteiger partial charge < -0.3 is 28.6 Å². The van der Waals surface area contributed by atoms with Gasteiger partial charge in [0, 0.05) is 19.3 Å². The van der Waals surface area contributed by atoms with Crippen LogP contribution >= 0.6 is 0 Å². The van der Waals surface area contributed by atoms with Gasteiger partial charge in [-0.3, -0.25) is 9.59 Å². The number of rotatable bonds is 35. The topological polar surface area (TPSA) is 102 Å². The van der Waals surface area contributed by atoms with Crippen molar-refractivity contribution < 1.29 is 38.2 Å². The van der Waals surface area contributed by atoms with Gasteiger partial charge in [-0.1, -0.05) is 129 Å². The predicted octanol–water partition coefficient (Wildman–Crippen LogP) is 8.63. The molecular weight excluding hydrogens is 606 g/mol. The number of carbonyl (C=O) groups excluding carboxylic acids is 3. The van der Waals surface area contributed by atoms with Crippen LogP contribution in [0.1, 0.15) is 174 Å². The maximum atomic E-state index is 12.6. The lowest BCUT2D eigenvalue weighted by molar-refractivity contribution is -0.889. The third-order valence-corrected chi connectivity index (χ3v) is 8.90. The first-order valence-corrected chi connectivity index (χ1v) is 19.7. The summed E-state index contributed by atoms with van der Waals surface area (Å²) in [7, 11) is 5.40. The number of hydrogen-bond donors (Lipinski definition) is 0. The van der Waals surface area contributed by atoms with E-state index >= 15 is 0 Å². The van der Waals surface area contributed by atoms with E-state index in [0.717, 1.165) is 51.4 Å². The zero-order valence-electron chi connectivity index (χ0n) is 31.9. The highest BCUT2D eigenvalue weighted by Gasteiger charge is 2.25. The Morgan fingerprint density at radius 2 is 1.04 bits per heavy atom. The van der Waals surface area contributed by atoms with Gasteiger partial charge in [-0.05, 0) is 38.5 Å². The third kappa shape index (κ3) is 30.2. The van der Waals surface area contributed by atoms with Crippen LogP contribution < -0.4 is 5.11 Å². The summed E-state index contributed by atoms with van der Waals surface area (Å²) in [5.74, 6) is -1.74. The quantitative estimate of drug-likeness (QED) is 0.0286. The number of esters is 2. The Bertz CT molecular complexity index is 808. The van der Waals surface area contributed by atoms with Crippen molar-refractivity contribution in [2.45, 2.75) is 187 Å².